The molecule has 2 heterocycles. The third-order valence-electron chi connectivity index (χ3n) is 2.72. The maximum absolute atomic E-state index is 10.7. The molecule has 1 aromatic heterocycles. The molecule has 0 saturated carbocycles. The number of anilines is 1. The Morgan fingerprint density at radius 2 is 2.19 bits per heavy atom. The Labute approximate surface area is 98.3 Å². The van der Waals surface area contributed by atoms with Crippen LogP contribution in [0.3, 0.4) is 0 Å². The van der Waals surface area contributed by atoms with Crippen LogP contribution in [0.1, 0.15) is 12.6 Å². The van der Waals surface area contributed by atoms with E-state index in [1.807, 2.05) is 0 Å². The number of amides is 1. The average Bonchev–Trinajstić information content (AvgIpc) is 2.77. The predicted octanol–water partition coefficient (Wildman–Crippen LogP) is 1.51. The molecule has 0 atom stereocenters. The zero-order valence-electron chi connectivity index (χ0n) is 9.22. The number of carbonyl (C=O) groups is 1. The minimum absolute atomic E-state index is 0.566. The van der Waals surface area contributed by atoms with Gasteiger partial charge in [-0.1, -0.05) is 6.92 Å². The number of hydrogen-bond acceptors (Lipinski definition) is 4. The topological polar surface area (TPSA) is 56.7 Å². The van der Waals surface area contributed by atoms with Gasteiger partial charge in [-0.2, -0.15) is 0 Å². The molecule has 0 radical (unpaired) electrons. The summed E-state index contributed by atoms with van der Waals surface area (Å²) in [7, 11) is 0. The van der Waals surface area contributed by atoms with Crippen molar-refractivity contribution in [3.63, 3.8) is 0 Å². The summed E-state index contributed by atoms with van der Waals surface area (Å²) >= 11 is 1.64. The zero-order valence-corrected chi connectivity index (χ0v) is 10.0. The first-order chi connectivity index (χ1) is 7.70. The molecule has 0 unspecified atom stereocenters. The lowest BCUT2D eigenvalue weighted by atomic mass is 10.3. The van der Waals surface area contributed by atoms with E-state index in [1.165, 1.54) is 4.90 Å². The summed E-state index contributed by atoms with van der Waals surface area (Å²) in [4.78, 5) is 18.8. The van der Waals surface area contributed by atoms with Crippen LogP contribution in [0.4, 0.5) is 9.93 Å². The molecule has 16 heavy (non-hydrogen) atoms. The van der Waals surface area contributed by atoms with Gasteiger partial charge in [-0.15, -0.1) is 11.3 Å². The molecule has 0 bridgehead atoms. The number of hydrogen-bond donors (Lipinski definition) is 1. The Kier molecular flexibility index (Phi) is 3.28. The standard InChI is InChI=1S/C10H15N3O2S/c1-2-8-7-16-9(11-8)12-3-5-13(6-4-12)10(14)15/h7H,2-6H2,1H3,(H,14,15). The Morgan fingerprint density at radius 3 is 2.69 bits per heavy atom. The average molecular weight is 241 g/mol. The van der Waals surface area contributed by atoms with Gasteiger partial charge in [0.15, 0.2) is 5.13 Å². The van der Waals surface area contributed by atoms with Gasteiger partial charge in [-0.3, -0.25) is 0 Å². The van der Waals surface area contributed by atoms with Crippen molar-refractivity contribution in [1.29, 1.82) is 0 Å². The Balaban J connectivity index is 1.96. The van der Waals surface area contributed by atoms with Crippen molar-refractivity contribution in [2.45, 2.75) is 13.3 Å². The molecule has 6 heteroatoms. The van der Waals surface area contributed by atoms with E-state index in [4.69, 9.17) is 5.11 Å². The first-order valence-corrected chi connectivity index (χ1v) is 6.26. The zero-order chi connectivity index (χ0) is 11.5. The lowest BCUT2D eigenvalue weighted by Gasteiger charge is -2.32. The third-order valence-corrected chi connectivity index (χ3v) is 3.67. The highest BCUT2D eigenvalue weighted by Gasteiger charge is 2.21. The van der Waals surface area contributed by atoms with Crippen molar-refractivity contribution < 1.29 is 9.90 Å². The van der Waals surface area contributed by atoms with E-state index in [2.05, 4.69) is 22.2 Å². The number of aromatic nitrogens is 1. The summed E-state index contributed by atoms with van der Waals surface area (Å²) in [6.45, 7) is 4.69. The molecule has 5 nitrogen and oxygen atoms in total. The van der Waals surface area contributed by atoms with Crippen LogP contribution in [0.25, 0.3) is 0 Å². The van der Waals surface area contributed by atoms with E-state index in [9.17, 15) is 4.79 Å². The molecule has 1 aromatic rings. The van der Waals surface area contributed by atoms with Gasteiger partial charge in [-0.05, 0) is 6.42 Å². The second-order valence-electron chi connectivity index (χ2n) is 3.73. The highest BCUT2D eigenvalue weighted by Crippen LogP contribution is 2.21. The molecule has 0 aromatic carbocycles. The van der Waals surface area contributed by atoms with Crippen molar-refractivity contribution in [2.75, 3.05) is 31.1 Å². The smallest absolute Gasteiger partial charge is 0.407 e. The summed E-state index contributed by atoms with van der Waals surface area (Å²) in [5, 5.41) is 11.9. The van der Waals surface area contributed by atoms with E-state index >= 15 is 0 Å². The number of rotatable bonds is 2. The first kappa shape index (κ1) is 11.2. The second-order valence-corrected chi connectivity index (χ2v) is 4.57. The summed E-state index contributed by atoms with van der Waals surface area (Å²) in [5.74, 6) is 0. The van der Waals surface area contributed by atoms with E-state index in [1.54, 1.807) is 11.3 Å². The van der Waals surface area contributed by atoms with Gasteiger partial charge in [0.2, 0.25) is 0 Å². The maximum atomic E-state index is 10.7. The molecule has 0 aliphatic carbocycles. The summed E-state index contributed by atoms with van der Waals surface area (Å²) < 4.78 is 0. The fraction of sp³-hybridized carbons (Fsp3) is 0.600. The fourth-order valence-electron chi connectivity index (χ4n) is 1.69. The first-order valence-electron chi connectivity index (χ1n) is 5.38. The largest absolute Gasteiger partial charge is 0.465 e. The monoisotopic (exact) mass is 241 g/mol. The molecule has 1 aliphatic rings. The number of nitrogens with zero attached hydrogens (tertiary/aromatic N) is 3. The van der Waals surface area contributed by atoms with Crippen molar-refractivity contribution in [1.82, 2.24) is 9.88 Å². The van der Waals surface area contributed by atoms with E-state index in [0.29, 0.717) is 13.1 Å². The van der Waals surface area contributed by atoms with Gasteiger partial charge >= 0.3 is 6.09 Å². The van der Waals surface area contributed by atoms with Gasteiger partial charge in [0.25, 0.3) is 0 Å². The van der Waals surface area contributed by atoms with Gasteiger partial charge in [0.05, 0.1) is 5.69 Å². The third kappa shape index (κ3) is 2.27. The minimum Gasteiger partial charge on any atom is -0.465 e. The van der Waals surface area contributed by atoms with Crippen LogP contribution in [0.15, 0.2) is 5.38 Å². The van der Waals surface area contributed by atoms with Gasteiger partial charge in [-0.25, -0.2) is 9.78 Å². The normalized spacial score (nSPS) is 16.6. The van der Waals surface area contributed by atoms with Crippen molar-refractivity contribution in [2.24, 2.45) is 0 Å². The Morgan fingerprint density at radius 1 is 1.50 bits per heavy atom. The molecule has 1 N–H and O–H groups in total. The van der Waals surface area contributed by atoms with Crippen molar-refractivity contribution in [3.8, 4) is 0 Å². The number of piperazine rings is 1. The van der Waals surface area contributed by atoms with Crippen LogP contribution < -0.4 is 4.90 Å². The molecule has 2 rings (SSSR count). The van der Waals surface area contributed by atoms with Crippen LogP contribution in [0.5, 0.6) is 0 Å². The molecular weight excluding hydrogens is 226 g/mol. The number of thiazole rings is 1. The minimum atomic E-state index is -0.826. The van der Waals surface area contributed by atoms with Gasteiger partial charge in [0.1, 0.15) is 0 Å². The summed E-state index contributed by atoms with van der Waals surface area (Å²) in [6.07, 6.45) is 0.124. The predicted molar refractivity (Wildman–Crippen MR) is 63.3 cm³/mol. The highest BCUT2D eigenvalue weighted by atomic mass is 32.1. The summed E-state index contributed by atoms with van der Waals surface area (Å²) in [5.41, 5.74) is 1.11. The van der Waals surface area contributed by atoms with Crippen LogP contribution in [0, 0.1) is 0 Å². The molecule has 1 aliphatic heterocycles. The summed E-state index contributed by atoms with van der Waals surface area (Å²) in [6, 6.07) is 0. The van der Waals surface area contributed by atoms with Gasteiger partial charge in [0, 0.05) is 31.6 Å². The fourth-order valence-corrected chi connectivity index (χ4v) is 2.66. The number of aryl methyl sites for hydroxylation is 1. The van der Waals surface area contributed by atoms with Crippen LogP contribution in [0.2, 0.25) is 0 Å². The number of carboxylic acid groups (broad SMARTS) is 1. The maximum Gasteiger partial charge on any atom is 0.407 e. The van der Waals surface area contributed by atoms with E-state index < -0.39 is 6.09 Å². The molecular formula is C10H15N3O2S. The van der Waals surface area contributed by atoms with E-state index in [-0.39, 0.29) is 0 Å². The SMILES string of the molecule is CCc1csc(N2CCN(C(=O)O)CC2)n1. The molecule has 1 saturated heterocycles. The molecule has 0 spiro atoms. The highest BCUT2D eigenvalue weighted by molar-refractivity contribution is 7.13. The molecule has 88 valence electrons. The molecule has 1 fully saturated rings. The van der Waals surface area contributed by atoms with Crippen molar-refractivity contribution >= 4 is 22.6 Å². The van der Waals surface area contributed by atoms with E-state index in [0.717, 1.165) is 30.3 Å². The second kappa shape index (κ2) is 4.69. The van der Waals surface area contributed by atoms with Crippen molar-refractivity contribution in [3.05, 3.63) is 11.1 Å². The Hall–Kier alpha value is -1.30. The molecule has 1 amide bonds. The lowest BCUT2D eigenvalue weighted by Crippen LogP contribution is -2.48. The van der Waals surface area contributed by atoms with Crippen LogP contribution in [-0.4, -0.2) is 47.3 Å². The Bertz CT molecular complexity index is 372. The van der Waals surface area contributed by atoms with Crippen LogP contribution in [-0.2, 0) is 6.42 Å². The van der Waals surface area contributed by atoms with Gasteiger partial charge < -0.3 is 14.9 Å². The lowest BCUT2D eigenvalue weighted by molar-refractivity contribution is 0.142. The van der Waals surface area contributed by atoms with Crippen LogP contribution >= 0.6 is 11.3 Å². The quantitative estimate of drug-likeness (QED) is 0.852.